The number of carbonyl (C=O) groups excluding carboxylic acids is 1. The molecule has 1 amide bonds. The molecule has 0 aromatic heterocycles. The Bertz CT molecular complexity index is 961. The summed E-state index contributed by atoms with van der Waals surface area (Å²) in [5, 5.41) is 24.6. The van der Waals surface area contributed by atoms with Crippen LogP contribution in [0.25, 0.3) is 0 Å². The highest BCUT2D eigenvalue weighted by Gasteiger charge is 2.25. The van der Waals surface area contributed by atoms with E-state index in [1.807, 2.05) is 60.8 Å². The van der Waals surface area contributed by atoms with E-state index in [0.29, 0.717) is 6.54 Å². The van der Waals surface area contributed by atoms with Crippen molar-refractivity contribution >= 4 is 33.6 Å². The summed E-state index contributed by atoms with van der Waals surface area (Å²) in [7, 11) is -0.581. The Labute approximate surface area is 190 Å². The summed E-state index contributed by atoms with van der Waals surface area (Å²) >= 11 is 0. The molecule has 0 fully saturated rings. The summed E-state index contributed by atoms with van der Waals surface area (Å²) in [6.07, 6.45) is -0.978. The Morgan fingerprint density at radius 1 is 1.16 bits per heavy atom. The number of hydrogen-bond acceptors (Lipinski definition) is 5. The number of carboxylic acid groups (broad SMARTS) is 1. The van der Waals surface area contributed by atoms with Gasteiger partial charge in [-0.3, -0.25) is 14.9 Å². The summed E-state index contributed by atoms with van der Waals surface area (Å²) in [6.45, 7) is 6.64. The zero-order valence-electron chi connectivity index (χ0n) is 18.4. The zero-order chi connectivity index (χ0) is 23.7. The lowest BCUT2D eigenvalue weighted by Crippen LogP contribution is -2.46. The van der Waals surface area contributed by atoms with Crippen molar-refractivity contribution in [2.24, 2.45) is 5.92 Å². The molecule has 8 nitrogen and oxygen atoms in total. The Morgan fingerprint density at radius 2 is 1.78 bits per heavy atom. The first kappa shape index (κ1) is 25.2. The number of ketones is 1. The van der Waals surface area contributed by atoms with E-state index in [-0.39, 0.29) is 30.4 Å². The molecular formula is C23H29N3O5S. The number of Topliss-reactive ketones (excluding diaryl/α,β-unsaturated/α-hetero) is 1. The van der Waals surface area contributed by atoms with Gasteiger partial charge in [0, 0.05) is 23.6 Å². The van der Waals surface area contributed by atoms with Gasteiger partial charge in [-0.1, -0.05) is 54.8 Å². The van der Waals surface area contributed by atoms with Crippen molar-refractivity contribution in [3.8, 4) is 0 Å². The fraction of sp³-hybridized carbons (Fsp3) is 0.348. The molecule has 2 unspecified atom stereocenters. The lowest BCUT2D eigenvalue weighted by Gasteiger charge is -2.29. The van der Waals surface area contributed by atoms with E-state index in [1.165, 1.54) is 12.1 Å². The molecule has 0 bridgehead atoms. The van der Waals surface area contributed by atoms with Gasteiger partial charge in [0.25, 0.3) is 5.69 Å². The second-order valence-corrected chi connectivity index (χ2v) is 9.76. The number of hydrogen-bond donors (Lipinski definition) is 2. The Morgan fingerprint density at radius 3 is 2.28 bits per heavy atom. The van der Waals surface area contributed by atoms with Crippen LogP contribution < -0.4 is 5.32 Å². The Balaban J connectivity index is 2.28. The van der Waals surface area contributed by atoms with E-state index >= 15 is 0 Å². The first-order valence-corrected chi connectivity index (χ1v) is 11.5. The van der Waals surface area contributed by atoms with Crippen molar-refractivity contribution in [2.75, 3.05) is 13.1 Å². The van der Waals surface area contributed by atoms with Crippen LogP contribution in [0, 0.1) is 16.0 Å². The number of nitrogens with zero attached hydrogens (tertiary/aromatic N) is 2. The first-order valence-electron chi connectivity index (χ1n) is 10.3. The van der Waals surface area contributed by atoms with Crippen LogP contribution in [0.15, 0.2) is 59.5 Å². The van der Waals surface area contributed by atoms with Crippen LogP contribution in [0.1, 0.15) is 26.3 Å². The fourth-order valence-corrected chi connectivity index (χ4v) is 5.30. The van der Waals surface area contributed by atoms with Crippen LogP contribution in [-0.2, 0) is 11.2 Å². The van der Waals surface area contributed by atoms with Gasteiger partial charge in [-0.2, -0.15) is 0 Å². The molecule has 0 aliphatic rings. The van der Waals surface area contributed by atoms with Gasteiger partial charge in [0.1, 0.15) is 0 Å². The molecule has 0 spiro atoms. The second-order valence-electron chi connectivity index (χ2n) is 7.68. The van der Waals surface area contributed by atoms with Gasteiger partial charge in [0.2, 0.25) is 0 Å². The van der Waals surface area contributed by atoms with Crippen molar-refractivity contribution in [3.05, 3.63) is 70.3 Å². The smallest absolute Gasteiger partial charge is 0.405 e. The molecule has 9 heteroatoms. The Kier molecular flexibility index (Phi) is 9.55. The average molecular weight is 460 g/mol. The molecule has 172 valence electrons. The highest BCUT2D eigenvalue weighted by atomic mass is 32.2. The normalized spacial score (nSPS) is 13.2. The lowest BCUT2D eigenvalue weighted by atomic mass is 10.0. The third-order valence-corrected chi connectivity index (χ3v) is 6.70. The summed E-state index contributed by atoms with van der Waals surface area (Å²) in [5.41, 5.74) is 0.875. The topological polar surface area (TPSA) is 113 Å². The summed E-state index contributed by atoms with van der Waals surface area (Å²) < 4.78 is 2.01. The van der Waals surface area contributed by atoms with Gasteiger partial charge in [0.05, 0.1) is 17.5 Å². The molecule has 0 radical (unpaired) electrons. The predicted molar refractivity (Wildman–Crippen MR) is 127 cm³/mol. The summed E-state index contributed by atoms with van der Waals surface area (Å²) in [5.74, 6) is 0.0361. The standard InChI is InChI=1S/C23H29N3O5S/c1-4-32(20-12-10-19(11-13-20)26(30)31)25(15-17(2)3)16-22(27)21(24-23(28)29)14-18-8-6-5-7-9-18/h4-13,17,21,24H,14-16H2,1-3H3,(H,28,29). The molecule has 0 heterocycles. The molecule has 2 rings (SSSR count). The van der Waals surface area contributed by atoms with E-state index < -0.39 is 27.7 Å². The van der Waals surface area contributed by atoms with Gasteiger partial charge in [-0.05, 0) is 42.3 Å². The van der Waals surface area contributed by atoms with Crippen molar-refractivity contribution in [2.45, 2.75) is 38.1 Å². The maximum Gasteiger partial charge on any atom is 0.405 e. The lowest BCUT2D eigenvalue weighted by molar-refractivity contribution is -0.384. The van der Waals surface area contributed by atoms with Crippen LogP contribution in [0.3, 0.4) is 0 Å². The van der Waals surface area contributed by atoms with Crippen LogP contribution >= 0.6 is 10.7 Å². The largest absolute Gasteiger partial charge is 0.465 e. The average Bonchev–Trinajstić information content (AvgIpc) is 2.74. The molecule has 2 aromatic rings. The molecule has 0 aliphatic carbocycles. The number of nitro groups is 1. The maximum atomic E-state index is 13.2. The fourth-order valence-electron chi connectivity index (χ4n) is 3.29. The van der Waals surface area contributed by atoms with E-state index in [4.69, 9.17) is 0 Å². The highest BCUT2D eigenvalue weighted by molar-refractivity contribution is 8.13. The number of non-ortho nitro benzene ring substituents is 1. The second kappa shape index (κ2) is 12.1. The molecular weight excluding hydrogens is 430 g/mol. The minimum atomic E-state index is -1.24. The number of nitro benzene ring substituents is 1. The van der Waals surface area contributed by atoms with Gasteiger partial charge in [-0.15, -0.1) is 0 Å². The third kappa shape index (κ3) is 7.58. The number of amides is 1. The van der Waals surface area contributed by atoms with Crippen LogP contribution in [0.2, 0.25) is 0 Å². The van der Waals surface area contributed by atoms with Gasteiger partial charge >= 0.3 is 6.09 Å². The monoisotopic (exact) mass is 459 g/mol. The van der Waals surface area contributed by atoms with Gasteiger partial charge in [0.15, 0.2) is 5.78 Å². The van der Waals surface area contributed by atoms with Crippen LogP contribution in [0.4, 0.5) is 10.5 Å². The molecule has 2 N–H and O–H groups in total. The van der Waals surface area contributed by atoms with Crippen molar-refractivity contribution < 1.29 is 19.6 Å². The number of carbonyl (C=O) groups is 2. The summed E-state index contributed by atoms with van der Waals surface area (Å²) in [4.78, 5) is 35.9. The maximum absolute atomic E-state index is 13.2. The first-order chi connectivity index (χ1) is 15.2. The Hall–Kier alpha value is -3.04. The molecule has 0 aliphatic heterocycles. The summed E-state index contributed by atoms with van der Waals surface area (Å²) in [6, 6.07) is 14.7. The number of rotatable bonds is 11. The van der Waals surface area contributed by atoms with E-state index in [2.05, 4.69) is 5.32 Å². The SMILES string of the molecule is C/C=S(\c1ccc([N+](=O)[O-])cc1)N(CC(=O)C(Cc1ccccc1)NC(=O)O)CC(C)C. The predicted octanol–water partition coefficient (Wildman–Crippen LogP) is 4.37. The van der Waals surface area contributed by atoms with Gasteiger partial charge in [-0.25, -0.2) is 9.10 Å². The van der Waals surface area contributed by atoms with Crippen molar-refractivity contribution in [3.63, 3.8) is 0 Å². The van der Waals surface area contributed by atoms with Crippen molar-refractivity contribution in [1.82, 2.24) is 9.62 Å². The van der Waals surface area contributed by atoms with E-state index in [9.17, 15) is 24.8 Å². The molecule has 0 saturated heterocycles. The third-order valence-electron chi connectivity index (χ3n) is 4.66. The number of nitrogens with one attached hydrogen (secondary N) is 1. The zero-order valence-corrected chi connectivity index (χ0v) is 19.2. The quantitative estimate of drug-likeness (QED) is 0.293. The van der Waals surface area contributed by atoms with Gasteiger partial charge < -0.3 is 10.4 Å². The molecule has 0 saturated carbocycles. The highest BCUT2D eigenvalue weighted by Crippen LogP contribution is 2.32. The minimum Gasteiger partial charge on any atom is -0.465 e. The van der Waals surface area contributed by atoms with Crippen molar-refractivity contribution in [1.29, 1.82) is 0 Å². The number of benzene rings is 2. The van der Waals surface area contributed by atoms with Crippen LogP contribution in [0.5, 0.6) is 0 Å². The molecule has 2 atom stereocenters. The van der Waals surface area contributed by atoms with E-state index in [0.717, 1.165) is 10.5 Å². The molecule has 2 aromatic carbocycles. The molecule has 32 heavy (non-hydrogen) atoms. The van der Waals surface area contributed by atoms with E-state index in [1.54, 1.807) is 12.1 Å². The minimum absolute atomic E-state index is 0.00784. The van der Waals surface area contributed by atoms with Crippen LogP contribution in [-0.4, -0.2) is 50.7 Å².